The second-order valence-corrected chi connectivity index (χ2v) is 7.84. The van der Waals surface area contributed by atoms with Crippen LogP contribution in [0.15, 0.2) is 0 Å². The van der Waals surface area contributed by atoms with E-state index in [9.17, 15) is 0 Å². The van der Waals surface area contributed by atoms with Gasteiger partial charge in [-0.1, -0.05) is 6.92 Å². The Bertz CT molecular complexity index is 282. The number of nitrogens with two attached hydrogens (primary N) is 1. The molecular weight excluding hydrogens is 230 g/mol. The molecule has 3 nitrogen and oxygen atoms in total. The Balaban J connectivity index is 2.11. The molecule has 2 rings (SSSR count). The number of rotatable bonds is 2. The molecule has 2 unspecified atom stereocenters. The molecule has 0 aliphatic carbocycles. The summed E-state index contributed by atoms with van der Waals surface area (Å²) in [6.45, 7) is 11.3. The maximum atomic E-state index is 6.12. The van der Waals surface area contributed by atoms with Crippen molar-refractivity contribution >= 4 is 11.8 Å². The zero-order valence-electron chi connectivity index (χ0n) is 11.7. The van der Waals surface area contributed by atoms with Crippen LogP contribution < -0.4 is 5.73 Å². The summed E-state index contributed by atoms with van der Waals surface area (Å²) in [5, 5.41) is 0.765. The molecule has 2 heterocycles. The number of hydrogen-bond acceptors (Lipinski definition) is 4. The first-order chi connectivity index (χ1) is 7.89. The molecule has 0 spiro atoms. The SMILES string of the molecule is CC1CC(CN)(N2CCN(C)C(C)(C)C2)CS1. The Hall–Kier alpha value is 0.230. The third-order valence-corrected chi connectivity index (χ3v) is 6.11. The summed E-state index contributed by atoms with van der Waals surface area (Å²) < 4.78 is 0. The number of likely N-dealkylation sites (N-methyl/N-ethyl adjacent to an activating group) is 1. The van der Waals surface area contributed by atoms with Crippen LogP contribution in [0.5, 0.6) is 0 Å². The molecule has 4 heteroatoms. The first-order valence-corrected chi connectivity index (χ1v) is 7.72. The van der Waals surface area contributed by atoms with Crippen LogP contribution in [0.4, 0.5) is 0 Å². The largest absolute Gasteiger partial charge is 0.329 e. The summed E-state index contributed by atoms with van der Waals surface area (Å²) >= 11 is 2.09. The molecule has 2 saturated heterocycles. The first kappa shape index (κ1) is 13.7. The molecule has 2 N–H and O–H groups in total. The van der Waals surface area contributed by atoms with Crippen LogP contribution >= 0.6 is 11.8 Å². The number of thioether (sulfide) groups is 1. The standard InChI is InChI=1S/C13H27N3S/c1-11-7-13(8-14,10-17-11)16-6-5-15(4)12(2,3)9-16/h11H,5-10,14H2,1-4H3. The normalized spacial score (nSPS) is 39.7. The lowest BCUT2D eigenvalue weighted by Crippen LogP contribution is -2.66. The van der Waals surface area contributed by atoms with Crippen molar-refractivity contribution in [2.24, 2.45) is 5.73 Å². The molecule has 0 amide bonds. The third kappa shape index (κ3) is 2.50. The molecule has 0 bridgehead atoms. The van der Waals surface area contributed by atoms with Crippen LogP contribution in [0.3, 0.4) is 0 Å². The van der Waals surface area contributed by atoms with Gasteiger partial charge in [0.05, 0.1) is 0 Å². The summed E-state index contributed by atoms with van der Waals surface area (Å²) in [6.07, 6.45) is 1.26. The van der Waals surface area contributed by atoms with Crippen molar-refractivity contribution in [2.45, 2.75) is 43.5 Å². The zero-order valence-corrected chi connectivity index (χ0v) is 12.5. The quantitative estimate of drug-likeness (QED) is 0.807. The molecule has 2 fully saturated rings. The highest BCUT2D eigenvalue weighted by Gasteiger charge is 2.45. The van der Waals surface area contributed by atoms with Crippen LogP contribution in [0.25, 0.3) is 0 Å². The predicted octanol–water partition coefficient (Wildman–Crippen LogP) is 1.24. The van der Waals surface area contributed by atoms with Gasteiger partial charge in [-0.05, 0) is 27.3 Å². The Morgan fingerprint density at radius 1 is 1.35 bits per heavy atom. The summed E-state index contributed by atoms with van der Waals surface area (Å²) in [6, 6.07) is 0. The fourth-order valence-electron chi connectivity index (χ4n) is 3.09. The summed E-state index contributed by atoms with van der Waals surface area (Å²) in [7, 11) is 2.23. The van der Waals surface area contributed by atoms with Crippen molar-refractivity contribution in [1.82, 2.24) is 9.80 Å². The molecule has 2 aliphatic heterocycles. The van der Waals surface area contributed by atoms with Crippen LogP contribution in [-0.2, 0) is 0 Å². The van der Waals surface area contributed by atoms with Crippen LogP contribution in [0, 0.1) is 0 Å². The van der Waals surface area contributed by atoms with Crippen LogP contribution in [0.1, 0.15) is 27.2 Å². The van der Waals surface area contributed by atoms with Crippen molar-refractivity contribution < 1.29 is 0 Å². The third-order valence-electron chi connectivity index (χ3n) is 4.67. The van der Waals surface area contributed by atoms with Crippen LogP contribution in [-0.4, -0.2) is 65.1 Å². The Morgan fingerprint density at radius 2 is 2.06 bits per heavy atom. The molecule has 0 saturated carbocycles. The molecule has 0 radical (unpaired) electrons. The Kier molecular flexibility index (Phi) is 3.79. The van der Waals surface area contributed by atoms with Gasteiger partial charge in [0.25, 0.3) is 0 Å². The lowest BCUT2D eigenvalue weighted by atomic mass is 9.89. The smallest absolute Gasteiger partial charge is 0.0433 e. The number of piperazine rings is 1. The van der Waals surface area contributed by atoms with Gasteiger partial charge in [-0.3, -0.25) is 9.80 Å². The molecule has 0 aromatic heterocycles. The Morgan fingerprint density at radius 3 is 2.53 bits per heavy atom. The topological polar surface area (TPSA) is 32.5 Å². The zero-order chi connectivity index (χ0) is 12.7. The molecular formula is C13H27N3S. The van der Waals surface area contributed by atoms with Gasteiger partial charge < -0.3 is 5.73 Å². The van der Waals surface area contributed by atoms with Crippen molar-refractivity contribution in [3.63, 3.8) is 0 Å². The molecule has 100 valence electrons. The highest BCUT2D eigenvalue weighted by Crippen LogP contribution is 2.39. The van der Waals surface area contributed by atoms with E-state index in [0.29, 0.717) is 0 Å². The van der Waals surface area contributed by atoms with E-state index >= 15 is 0 Å². The number of nitrogens with zero attached hydrogens (tertiary/aromatic N) is 2. The van der Waals surface area contributed by atoms with Crippen LogP contribution in [0.2, 0.25) is 0 Å². The monoisotopic (exact) mass is 257 g/mol. The van der Waals surface area contributed by atoms with Gasteiger partial charge in [0, 0.05) is 48.3 Å². The van der Waals surface area contributed by atoms with E-state index in [0.717, 1.165) is 24.9 Å². The van der Waals surface area contributed by atoms with E-state index in [1.807, 2.05) is 0 Å². The van der Waals surface area contributed by atoms with Gasteiger partial charge in [-0.25, -0.2) is 0 Å². The maximum Gasteiger partial charge on any atom is 0.0433 e. The van der Waals surface area contributed by atoms with Gasteiger partial charge >= 0.3 is 0 Å². The Labute approximate surface area is 110 Å². The predicted molar refractivity (Wildman–Crippen MR) is 76.6 cm³/mol. The van der Waals surface area contributed by atoms with Crippen molar-refractivity contribution in [3.05, 3.63) is 0 Å². The van der Waals surface area contributed by atoms with Crippen molar-refractivity contribution in [2.75, 3.05) is 39.0 Å². The fraction of sp³-hybridized carbons (Fsp3) is 1.00. The first-order valence-electron chi connectivity index (χ1n) is 6.68. The summed E-state index contributed by atoms with van der Waals surface area (Å²) in [5.41, 5.74) is 6.66. The average molecular weight is 257 g/mol. The van der Waals surface area contributed by atoms with E-state index in [1.54, 1.807) is 0 Å². The van der Waals surface area contributed by atoms with E-state index in [1.165, 1.54) is 18.7 Å². The fourth-order valence-corrected chi connectivity index (χ4v) is 4.53. The molecule has 0 aromatic carbocycles. The van der Waals surface area contributed by atoms with Gasteiger partial charge in [-0.2, -0.15) is 11.8 Å². The maximum absolute atomic E-state index is 6.12. The second kappa shape index (κ2) is 4.72. The molecule has 2 aliphatic rings. The van der Waals surface area contributed by atoms with Gasteiger partial charge in [0.2, 0.25) is 0 Å². The molecule has 0 aromatic rings. The summed E-state index contributed by atoms with van der Waals surface area (Å²) in [5.74, 6) is 1.21. The van der Waals surface area contributed by atoms with Gasteiger partial charge in [-0.15, -0.1) is 0 Å². The van der Waals surface area contributed by atoms with E-state index in [2.05, 4.69) is 49.4 Å². The average Bonchev–Trinajstić information content (AvgIpc) is 2.65. The lowest BCUT2D eigenvalue weighted by molar-refractivity contribution is -0.0138. The molecule has 17 heavy (non-hydrogen) atoms. The molecule has 2 atom stereocenters. The van der Waals surface area contributed by atoms with Crippen molar-refractivity contribution in [1.29, 1.82) is 0 Å². The summed E-state index contributed by atoms with van der Waals surface area (Å²) in [4.78, 5) is 5.14. The highest BCUT2D eigenvalue weighted by molar-refractivity contribution is 8.00. The minimum absolute atomic E-state index is 0.266. The second-order valence-electron chi connectivity index (χ2n) is 6.41. The minimum atomic E-state index is 0.266. The van der Waals surface area contributed by atoms with Gasteiger partial charge in [0.1, 0.15) is 0 Å². The van der Waals surface area contributed by atoms with Crippen molar-refractivity contribution in [3.8, 4) is 0 Å². The van der Waals surface area contributed by atoms with E-state index < -0.39 is 0 Å². The van der Waals surface area contributed by atoms with Gasteiger partial charge in [0.15, 0.2) is 0 Å². The lowest BCUT2D eigenvalue weighted by Gasteiger charge is -2.51. The minimum Gasteiger partial charge on any atom is -0.329 e. The van der Waals surface area contributed by atoms with E-state index in [4.69, 9.17) is 5.73 Å². The highest BCUT2D eigenvalue weighted by atomic mass is 32.2. The number of hydrogen-bond donors (Lipinski definition) is 1. The van der Waals surface area contributed by atoms with E-state index in [-0.39, 0.29) is 11.1 Å².